The molecule has 1 aromatic carbocycles. The second-order valence-electron chi connectivity index (χ2n) is 4.66. The largest absolute Gasteiger partial charge is 0.481 e. The molecule has 0 aliphatic heterocycles. The zero-order valence-electron chi connectivity index (χ0n) is 12.2. The van der Waals surface area contributed by atoms with Crippen LogP contribution < -0.4 is 5.32 Å². The molecule has 2 rings (SSSR count). The highest BCUT2D eigenvalue weighted by molar-refractivity contribution is 7.99. The Hall–Kier alpha value is -2.28. The lowest BCUT2D eigenvalue weighted by Gasteiger charge is -2.04. The number of rotatable bonds is 7. The van der Waals surface area contributed by atoms with E-state index in [-0.39, 0.29) is 11.7 Å². The van der Waals surface area contributed by atoms with Gasteiger partial charge in [-0.2, -0.15) is 5.10 Å². The monoisotopic (exact) mass is 319 g/mol. The normalized spacial score (nSPS) is 10.4. The molecule has 0 radical (unpaired) electrons. The molecule has 0 aliphatic rings. The van der Waals surface area contributed by atoms with Gasteiger partial charge in [0.05, 0.1) is 23.2 Å². The molecule has 0 saturated heterocycles. The molecule has 0 bridgehead atoms. The summed E-state index contributed by atoms with van der Waals surface area (Å²) in [6, 6.07) is 7.79. The quantitative estimate of drug-likeness (QED) is 0.759. The van der Waals surface area contributed by atoms with E-state index < -0.39 is 5.97 Å². The van der Waals surface area contributed by atoms with Crippen LogP contribution in [0.2, 0.25) is 0 Å². The van der Waals surface area contributed by atoms with Crippen LogP contribution in [-0.2, 0) is 4.79 Å². The number of carbonyl (C=O) groups is 2. The molecule has 0 unspecified atom stereocenters. The Kier molecular flexibility index (Phi) is 5.60. The van der Waals surface area contributed by atoms with Gasteiger partial charge in [0.1, 0.15) is 0 Å². The molecular formula is C15H17N3O3S. The van der Waals surface area contributed by atoms with E-state index in [1.165, 1.54) is 18.0 Å². The number of carboxylic acid groups (broad SMARTS) is 1. The molecule has 1 amide bonds. The van der Waals surface area contributed by atoms with E-state index in [0.717, 1.165) is 11.3 Å². The molecule has 2 aromatic rings. The maximum Gasteiger partial charge on any atom is 0.313 e. The maximum absolute atomic E-state index is 12.0. The maximum atomic E-state index is 12.0. The summed E-state index contributed by atoms with van der Waals surface area (Å²) in [6.07, 6.45) is 3.20. The second kappa shape index (κ2) is 7.65. The molecular weight excluding hydrogens is 302 g/mol. The van der Waals surface area contributed by atoms with Crippen LogP contribution in [0.1, 0.15) is 15.9 Å². The number of carboxylic acids is 1. The van der Waals surface area contributed by atoms with E-state index in [0.29, 0.717) is 17.9 Å². The summed E-state index contributed by atoms with van der Waals surface area (Å²) in [5, 5.41) is 15.5. The summed E-state index contributed by atoms with van der Waals surface area (Å²) in [5.41, 5.74) is 2.48. The van der Waals surface area contributed by atoms with Gasteiger partial charge in [-0.15, -0.1) is 11.8 Å². The molecule has 0 spiro atoms. The van der Waals surface area contributed by atoms with E-state index >= 15 is 0 Å². The highest BCUT2D eigenvalue weighted by Gasteiger charge is 2.10. The van der Waals surface area contributed by atoms with Crippen LogP contribution in [0.15, 0.2) is 36.7 Å². The number of aryl methyl sites for hydroxylation is 1. The van der Waals surface area contributed by atoms with E-state index in [9.17, 15) is 9.59 Å². The summed E-state index contributed by atoms with van der Waals surface area (Å²) >= 11 is 1.27. The van der Waals surface area contributed by atoms with E-state index in [2.05, 4.69) is 10.4 Å². The molecule has 1 heterocycles. The van der Waals surface area contributed by atoms with Crippen LogP contribution in [0.5, 0.6) is 0 Å². The lowest BCUT2D eigenvalue weighted by molar-refractivity contribution is -0.133. The van der Waals surface area contributed by atoms with Gasteiger partial charge in [0.25, 0.3) is 5.91 Å². The van der Waals surface area contributed by atoms with Crippen molar-refractivity contribution in [1.29, 1.82) is 0 Å². The number of aliphatic carboxylic acids is 1. The fraction of sp³-hybridized carbons (Fsp3) is 0.267. The van der Waals surface area contributed by atoms with Crippen molar-refractivity contribution >= 4 is 23.6 Å². The number of aromatic nitrogens is 2. The topological polar surface area (TPSA) is 84.2 Å². The fourth-order valence-electron chi connectivity index (χ4n) is 1.89. The molecule has 0 saturated carbocycles. The number of nitrogens with one attached hydrogen (secondary N) is 1. The molecule has 22 heavy (non-hydrogen) atoms. The Balaban J connectivity index is 1.90. The number of para-hydroxylation sites is 1. The fourth-order valence-corrected chi connectivity index (χ4v) is 2.46. The van der Waals surface area contributed by atoms with Crippen LogP contribution >= 0.6 is 11.8 Å². The minimum atomic E-state index is -0.851. The van der Waals surface area contributed by atoms with E-state index in [4.69, 9.17) is 5.11 Å². The first kappa shape index (κ1) is 16.1. The Bertz CT molecular complexity index is 670. The van der Waals surface area contributed by atoms with Crippen LogP contribution in [0.3, 0.4) is 0 Å². The van der Waals surface area contributed by atoms with Crippen molar-refractivity contribution in [2.24, 2.45) is 0 Å². The number of hydrogen-bond acceptors (Lipinski definition) is 4. The van der Waals surface area contributed by atoms with Crippen molar-refractivity contribution in [3.8, 4) is 5.69 Å². The molecule has 6 nitrogen and oxygen atoms in total. The zero-order valence-corrected chi connectivity index (χ0v) is 13.0. The Morgan fingerprint density at radius 2 is 2.14 bits per heavy atom. The third kappa shape index (κ3) is 4.36. The summed E-state index contributed by atoms with van der Waals surface area (Å²) < 4.78 is 1.67. The second-order valence-corrected chi connectivity index (χ2v) is 5.77. The number of hydrogen-bond donors (Lipinski definition) is 2. The molecule has 0 fully saturated rings. The molecule has 116 valence electrons. The van der Waals surface area contributed by atoms with E-state index in [1.54, 1.807) is 10.9 Å². The van der Waals surface area contributed by atoms with Crippen LogP contribution in [0, 0.1) is 6.92 Å². The average molecular weight is 319 g/mol. The van der Waals surface area contributed by atoms with Crippen molar-refractivity contribution in [2.45, 2.75) is 6.92 Å². The summed E-state index contributed by atoms with van der Waals surface area (Å²) in [4.78, 5) is 22.3. The SMILES string of the molecule is Cc1ccccc1-n1cc(C(=O)NCCSCC(=O)O)cn1. The molecule has 2 N–H and O–H groups in total. The van der Waals surface area contributed by atoms with Crippen LogP contribution in [0.25, 0.3) is 5.69 Å². The smallest absolute Gasteiger partial charge is 0.313 e. The minimum absolute atomic E-state index is 0.0427. The summed E-state index contributed by atoms with van der Waals surface area (Å²) in [6.45, 7) is 2.41. The van der Waals surface area contributed by atoms with Gasteiger partial charge in [-0.1, -0.05) is 18.2 Å². The predicted molar refractivity (Wildman–Crippen MR) is 85.6 cm³/mol. The molecule has 7 heteroatoms. The summed E-state index contributed by atoms with van der Waals surface area (Å²) in [7, 11) is 0. The van der Waals surface area contributed by atoms with Gasteiger partial charge in [-0.3, -0.25) is 9.59 Å². The lowest BCUT2D eigenvalue weighted by Crippen LogP contribution is -2.25. The number of thioether (sulfide) groups is 1. The van der Waals surface area contributed by atoms with Gasteiger partial charge < -0.3 is 10.4 Å². The highest BCUT2D eigenvalue weighted by Crippen LogP contribution is 2.13. The van der Waals surface area contributed by atoms with Gasteiger partial charge in [-0.05, 0) is 18.6 Å². The molecule has 1 aromatic heterocycles. The number of carbonyl (C=O) groups excluding carboxylic acids is 1. The highest BCUT2D eigenvalue weighted by atomic mass is 32.2. The lowest BCUT2D eigenvalue weighted by atomic mass is 10.2. The van der Waals surface area contributed by atoms with Gasteiger partial charge in [0, 0.05) is 18.5 Å². The molecule has 0 atom stereocenters. The zero-order chi connectivity index (χ0) is 15.9. The Labute approximate surface area is 132 Å². The van der Waals surface area contributed by atoms with Gasteiger partial charge in [0.2, 0.25) is 0 Å². The first-order valence-electron chi connectivity index (χ1n) is 6.76. The summed E-state index contributed by atoms with van der Waals surface area (Å²) in [5.74, 6) is -0.461. The van der Waals surface area contributed by atoms with Crippen molar-refractivity contribution in [2.75, 3.05) is 18.1 Å². The van der Waals surface area contributed by atoms with Crippen molar-refractivity contribution in [1.82, 2.24) is 15.1 Å². The number of nitrogens with zero attached hydrogens (tertiary/aromatic N) is 2. The number of benzene rings is 1. The average Bonchev–Trinajstić information content (AvgIpc) is 2.96. The van der Waals surface area contributed by atoms with Crippen molar-refractivity contribution in [3.05, 3.63) is 47.8 Å². The van der Waals surface area contributed by atoms with Crippen LogP contribution in [-0.4, -0.2) is 44.8 Å². The standard InChI is InChI=1S/C15H17N3O3S/c1-11-4-2-3-5-13(11)18-9-12(8-17-18)15(21)16-6-7-22-10-14(19)20/h2-5,8-9H,6-7,10H2,1H3,(H,16,21)(H,19,20). The Morgan fingerprint density at radius 1 is 1.36 bits per heavy atom. The number of amides is 1. The third-order valence-electron chi connectivity index (χ3n) is 2.96. The first-order valence-corrected chi connectivity index (χ1v) is 7.92. The van der Waals surface area contributed by atoms with Gasteiger partial charge >= 0.3 is 5.97 Å². The van der Waals surface area contributed by atoms with Crippen molar-refractivity contribution < 1.29 is 14.7 Å². The van der Waals surface area contributed by atoms with Crippen molar-refractivity contribution in [3.63, 3.8) is 0 Å². The molecule has 0 aliphatic carbocycles. The Morgan fingerprint density at radius 3 is 2.86 bits per heavy atom. The van der Waals surface area contributed by atoms with Gasteiger partial charge in [-0.25, -0.2) is 4.68 Å². The van der Waals surface area contributed by atoms with E-state index in [1.807, 2.05) is 31.2 Å². The first-order chi connectivity index (χ1) is 10.6. The van der Waals surface area contributed by atoms with Gasteiger partial charge in [0.15, 0.2) is 0 Å². The van der Waals surface area contributed by atoms with Crippen LogP contribution in [0.4, 0.5) is 0 Å². The third-order valence-corrected chi connectivity index (χ3v) is 3.91. The minimum Gasteiger partial charge on any atom is -0.481 e. The predicted octanol–water partition coefficient (Wildman–Crippen LogP) is 1.73.